The van der Waals surface area contributed by atoms with Gasteiger partial charge in [0.2, 0.25) is 0 Å². The maximum atomic E-state index is 11.6. The van der Waals surface area contributed by atoms with E-state index in [2.05, 4.69) is 39.8 Å². The Kier molecular flexibility index (Phi) is 6.68. The zero-order chi connectivity index (χ0) is 15.8. The van der Waals surface area contributed by atoms with Crippen LogP contribution in [0.5, 0.6) is 0 Å². The Balaban J connectivity index is 1.62. The topological polar surface area (TPSA) is 64.6 Å². The average molecular weight is 305 g/mol. The van der Waals surface area contributed by atoms with E-state index in [0.717, 1.165) is 32.5 Å². The molecule has 122 valence electrons. The van der Waals surface area contributed by atoms with Gasteiger partial charge in [0.05, 0.1) is 6.10 Å². The van der Waals surface area contributed by atoms with Gasteiger partial charge in [-0.05, 0) is 24.0 Å². The summed E-state index contributed by atoms with van der Waals surface area (Å²) in [4.78, 5) is 14.0. The number of nitrogens with zero attached hydrogens (tertiary/aromatic N) is 1. The largest absolute Gasteiger partial charge is 0.391 e. The lowest BCUT2D eigenvalue weighted by Crippen LogP contribution is -2.43. The third-order valence-corrected chi connectivity index (χ3v) is 4.04. The highest BCUT2D eigenvalue weighted by atomic mass is 16.3. The molecule has 3 N–H and O–H groups in total. The number of hydrogen-bond acceptors (Lipinski definition) is 3. The summed E-state index contributed by atoms with van der Waals surface area (Å²) in [7, 11) is 0. The number of carbonyl (C=O) groups excluding carboxylic acids is 1. The van der Waals surface area contributed by atoms with Gasteiger partial charge in [0, 0.05) is 32.7 Å². The first-order valence-electron chi connectivity index (χ1n) is 8.18. The molecule has 0 saturated carbocycles. The van der Waals surface area contributed by atoms with Crippen molar-refractivity contribution in [2.45, 2.75) is 38.8 Å². The Morgan fingerprint density at radius 1 is 1.32 bits per heavy atom. The predicted octanol–water partition coefficient (Wildman–Crippen LogP) is 1.50. The Morgan fingerprint density at radius 2 is 2.09 bits per heavy atom. The highest BCUT2D eigenvalue weighted by Gasteiger charge is 2.15. The molecule has 1 aromatic carbocycles. The summed E-state index contributed by atoms with van der Waals surface area (Å²) in [5.41, 5.74) is 2.83. The number of rotatable bonds is 7. The van der Waals surface area contributed by atoms with Crippen molar-refractivity contribution in [1.29, 1.82) is 0 Å². The molecular formula is C17H27N3O2. The molecule has 2 rings (SSSR count). The van der Waals surface area contributed by atoms with Gasteiger partial charge >= 0.3 is 6.03 Å². The van der Waals surface area contributed by atoms with Gasteiger partial charge in [-0.1, -0.05) is 37.6 Å². The molecule has 0 aromatic heterocycles. The summed E-state index contributed by atoms with van der Waals surface area (Å²) in [6.45, 7) is 5.79. The average Bonchev–Trinajstić information content (AvgIpc) is 2.53. The highest BCUT2D eigenvalue weighted by Crippen LogP contribution is 2.17. The minimum absolute atomic E-state index is 0.201. The molecule has 5 nitrogen and oxygen atoms in total. The number of urea groups is 1. The summed E-state index contributed by atoms with van der Waals surface area (Å²) in [5.74, 6) is 0. The summed E-state index contributed by atoms with van der Waals surface area (Å²) >= 11 is 0. The van der Waals surface area contributed by atoms with E-state index in [1.165, 1.54) is 11.1 Å². The number of fused-ring (bicyclic) bond motifs is 1. The van der Waals surface area contributed by atoms with Crippen LogP contribution >= 0.6 is 0 Å². The molecule has 1 atom stereocenters. The van der Waals surface area contributed by atoms with E-state index < -0.39 is 6.10 Å². The van der Waals surface area contributed by atoms with E-state index in [0.29, 0.717) is 19.5 Å². The molecule has 1 aliphatic heterocycles. The molecule has 5 heteroatoms. The molecule has 1 aliphatic rings. The molecule has 0 fully saturated rings. The number of nitrogens with one attached hydrogen (secondary N) is 2. The fourth-order valence-electron chi connectivity index (χ4n) is 2.78. The van der Waals surface area contributed by atoms with Crippen molar-refractivity contribution in [1.82, 2.24) is 15.5 Å². The number of carbonyl (C=O) groups is 1. The lowest BCUT2D eigenvalue weighted by molar-refractivity contribution is 0.160. The van der Waals surface area contributed by atoms with Crippen LogP contribution in [0.4, 0.5) is 4.79 Å². The van der Waals surface area contributed by atoms with Crippen LogP contribution in [-0.4, -0.2) is 48.3 Å². The summed E-state index contributed by atoms with van der Waals surface area (Å²) in [6, 6.07) is 8.34. The number of benzene rings is 1. The summed E-state index contributed by atoms with van der Waals surface area (Å²) < 4.78 is 0. The van der Waals surface area contributed by atoms with Crippen molar-refractivity contribution in [3.05, 3.63) is 35.4 Å². The Bertz CT molecular complexity index is 479. The quantitative estimate of drug-likeness (QED) is 0.715. The maximum Gasteiger partial charge on any atom is 0.314 e. The number of aliphatic hydroxyl groups is 1. The van der Waals surface area contributed by atoms with Crippen LogP contribution in [0.25, 0.3) is 0 Å². The Morgan fingerprint density at radius 3 is 2.86 bits per heavy atom. The van der Waals surface area contributed by atoms with E-state index in [9.17, 15) is 9.90 Å². The third-order valence-electron chi connectivity index (χ3n) is 4.04. The normalized spacial score (nSPS) is 15.9. The highest BCUT2D eigenvalue weighted by molar-refractivity contribution is 5.73. The second-order valence-corrected chi connectivity index (χ2v) is 5.87. The summed E-state index contributed by atoms with van der Waals surface area (Å²) in [5, 5.41) is 15.1. The molecule has 0 spiro atoms. The van der Waals surface area contributed by atoms with Gasteiger partial charge in [0.1, 0.15) is 0 Å². The van der Waals surface area contributed by atoms with E-state index >= 15 is 0 Å². The van der Waals surface area contributed by atoms with Crippen LogP contribution in [0.3, 0.4) is 0 Å². The molecule has 2 amide bonds. The molecule has 1 unspecified atom stereocenters. The van der Waals surface area contributed by atoms with Crippen LogP contribution in [0, 0.1) is 0 Å². The van der Waals surface area contributed by atoms with Crippen LogP contribution in [0.15, 0.2) is 24.3 Å². The zero-order valence-corrected chi connectivity index (χ0v) is 13.3. The van der Waals surface area contributed by atoms with Gasteiger partial charge in [0.25, 0.3) is 0 Å². The fourth-order valence-corrected chi connectivity index (χ4v) is 2.78. The molecular weight excluding hydrogens is 278 g/mol. The minimum atomic E-state index is -0.450. The molecule has 22 heavy (non-hydrogen) atoms. The van der Waals surface area contributed by atoms with E-state index in [4.69, 9.17) is 0 Å². The molecule has 0 aliphatic carbocycles. The van der Waals surface area contributed by atoms with Gasteiger partial charge in [-0.3, -0.25) is 4.90 Å². The van der Waals surface area contributed by atoms with Crippen molar-refractivity contribution in [2.75, 3.05) is 26.2 Å². The van der Waals surface area contributed by atoms with E-state index in [1.54, 1.807) is 0 Å². The van der Waals surface area contributed by atoms with Crippen LogP contribution in [-0.2, 0) is 13.0 Å². The van der Waals surface area contributed by atoms with Gasteiger partial charge in [-0.2, -0.15) is 0 Å². The zero-order valence-electron chi connectivity index (χ0n) is 13.3. The fraction of sp³-hybridized carbons (Fsp3) is 0.588. The van der Waals surface area contributed by atoms with Gasteiger partial charge in [-0.25, -0.2) is 4.79 Å². The third kappa shape index (κ3) is 5.31. The minimum Gasteiger partial charge on any atom is -0.391 e. The monoisotopic (exact) mass is 305 g/mol. The second-order valence-electron chi connectivity index (χ2n) is 5.87. The lowest BCUT2D eigenvalue weighted by atomic mass is 10.00. The first-order valence-corrected chi connectivity index (χ1v) is 8.18. The van der Waals surface area contributed by atoms with Gasteiger partial charge in [-0.15, -0.1) is 0 Å². The van der Waals surface area contributed by atoms with Gasteiger partial charge in [0.15, 0.2) is 0 Å². The lowest BCUT2D eigenvalue weighted by Gasteiger charge is -2.28. The van der Waals surface area contributed by atoms with E-state index in [-0.39, 0.29) is 6.03 Å². The molecule has 0 saturated heterocycles. The number of aliphatic hydroxyl groups excluding tert-OH is 1. The number of amides is 2. The molecule has 0 bridgehead atoms. The summed E-state index contributed by atoms with van der Waals surface area (Å²) in [6.07, 6.45) is 2.26. The van der Waals surface area contributed by atoms with Crippen molar-refractivity contribution < 1.29 is 9.90 Å². The van der Waals surface area contributed by atoms with Crippen LogP contribution < -0.4 is 10.6 Å². The standard InChI is InChI=1S/C17H27N3O2/c1-2-5-16(21)12-19-17(22)18-9-11-20-10-8-14-6-3-4-7-15(14)13-20/h3-4,6-7,16,21H,2,5,8-13H2,1H3,(H2,18,19,22). The van der Waals surface area contributed by atoms with Crippen molar-refractivity contribution in [3.63, 3.8) is 0 Å². The Hall–Kier alpha value is -1.59. The van der Waals surface area contributed by atoms with Gasteiger partial charge < -0.3 is 15.7 Å². The van der Waals surface area contributed by atoms with E-state index in [1.807, 2.05) is 6.92 Å². The first-order chi connectivity index (χ1) is 10.7. The molecule has 0 radical (unpaired) electrons. The molecule has 1 aromatic rings. The second kappa shape index (κ2) is 8.76. The van der Waals surface area contributed by atoms with Crippen LogP contribution in [0.2, 0.25) is 0 Å². The SMILES string of the molecule is CCCC(O)CNC(=O)NCCN1CCc2ccccc2C1. The van der Waals surface area contributed by atoms with Crippen molar-refractivity contribution in [3.8, 4) is 0 Å². The maximum absolute atomic E-state index is 11.6. The molecule has 1 heterocycles. The smallest absolute Gasteiger partial charge is 0.314 e. The Labute approximate surface area is 132 Å². The van der Waals surface area contributed by atoms with Crippen molar-refractivity contribution in [2.24, 2.45) is 0 Å². The van der Waals surface area contributed by atoms with Crippen LogP contribution in [0.1, 0.15) is 30.9 Å². The first kappa shape index (κ1) is 16.8. The predicted molar refractivity (Wildman–Crippen MR) is 87.7 cm³/mol. The number of hydrogen-bond donors (Lipinski definition) is 3. The van der Waals surface area contributed by atoms with Crippen molar-refractivity contribution >= 4 is 6.03 Å².